The van der Waals surface area contributed by atoms with Crippen LogP contribution in [0.15, 0.2) is 235 Å². The lowest BCUT2D eigenvalue weighted by Gasteiger charge is -2.27. The summed E-state index contributed by atoms with van der Waals surface area (Å²) in [6.45, 7) is 23.9. The van der Waals surface area contributed by atoms with Crippen molar-refractivity contribution >= 4 is 146 Å². The van der Waals surface area contributed by atoms with Gasteiger partial charge in [0.25, 0.3) is 0 Å². The topological polar surface area (TPSA) is 61.0 Å². The lowest BCUT2D eigenvalue weighted by atomic mass is 9.82. The summed E-state index contributed by atoms with van der Waals surface area (Å²) in [5.74, 6) is 0. The Kier molecular flexibility index (Phi) is 10.8. The maximum absolute atomic E-state index is 13.1. The average Bonchev–Trinajstić information content (AvgIpc) is 1.48. The number of para-hydroxylation sites is 5. The number of nitriles is 1. The Morgan fingerprint density at radius 1 is 0.411 bits per heavy atom. The van der Waals surface area contributed by atoms with Gasteiger partial charge in [0.1, 0.15) is 11.7 Å². The van der Waals surface area contributed by atoms with Gasteiger partial charge in [0.15, 0.2) is 5.58 Å². The summed E-state index contributed by atoms with van der Waals surface area (Å²) in [6.07, 6.45) is 0. The van der Waals surface area contributed by atoms with Gasteiger partial charge in [-0.15, -0.1) is 11.3 Å². The van der Waals surface area contributed by atoms with Crippen LogP contribution in [0.3, 0.4) is 0 Å². The molecule has 0 saturated carbocycles. The summed E-state index contributed by atoms with van der Waals surface area (Å²) in [6, 6.07) is 85.5. The number of fused-ring (bicyclic) bond motifs is 20. The maximum atomic E-state index is 13.1. The van der Waals surface area contributed by atoms with Crippen molar-refractivity contribution in [2.45, 2.75) is 52.4 Å². The van der Waals surface area contributed by atoms with Gasteiger partial charge in [-0.25, -0.2) is 4.85 Å². The van der Waals surface area contributed by atoms with E-state index in [-0.39, 0.29) is 10.8 Å². The SMILES string of the molecule is [C-]#[N+]c1c(-n2c3ccccc3c3ccccc32)c(-n2c3ccc(C(C)(C)C)cc3c3cc(C(C)(C)C)c4c5ccccc5oc4c32)c(-n2c3ccccc3c3ccccc32)c(C#N)c1-n1c2ccc(-c3ccccc3)cc2c2ccc3c4ccccc4sc3c21. The van der Waals surface area contributed by atoms with Gasteiger partial charge in [0.05, 0.1) is 83.7 Å². The molecule has 0 atom stereocenters. The second kappa shape index (κ2) is 18.7. The van der Waals surface area contributed by atoms with Crippen LogP contribution in [0.4, 0.5) is 5.69 Å². The molecule has 0 N–H and O–H groups in total. The largest absolute Gasteiger partial charge is 0.454 e. The number of benzene rings is 12. The summed E-state index contributed by atoms with van der Waals surface area (Å²) in [5, 5.41) is 25.8. The van der Waals surface area contributed by atoms with E-state index in [2.05, 4.69) is 290 Å². The number of hydrogen-bond donors (Lipinski definition) is 0. The fraction of sp³-hybridized carbons (Fsp3) is 0.0976. The predicted molar refractivity (Wildman–Crippen MR) is 378 cm³/mol. The molecule has 0 radical (unpaired) electrons. The number of nitrogens with zero attached hydrogens (tertiary/aromatic N) is 6. The summed E-state index contributed by atoms with van der Waals surface area (Å²) in [4.78, 5) is 4.99. The fourth-order valence-corrected chi connectivity index (χ4v) is 16.3. The Morgan fingerprint density at radius 3 is 1.54 bits per heavy atom. The highest BCUT2D eigenvalue weighted by Crippen LogP contribution is 2.55. The molecule has 6 heterocycles. The minimum absolute atomic E-state index is 0.210. The Labute approximate surface area is 522 Å². The molecule has 0 saturated heterocycles. The van der Waals surface area contributed by atoms with Gasteiger partial charge in [-0.05, 0) is 99.8 Å². The van der Waals surface area contributed by atoms with Crippen LogP contribution in [0.1, 0.15) is 58.2 Å². The van der Waals surface area contributed by atoms with Crippen LogP contribution in [-0.4, -0.2) is 18.3 Å². The standard InChI is InChI=1S/C82H56N6OS/c1-81(2,3)49-38-42-68-59(44-49)60-45-62(82(4,5)6)71-57-30-15-21-35-69(57)89-79(71)75(60)88(68)78-74(85-63-31-17-11-25-50(63)51-26-12-18-32-64(51)85)61(46-83)73(72(84-7)77(78)86-65-33-19-13-27-52(65)53-28-14-20-34-66(53)86)87-67-41-37-48(47-23-9-8-10-24-47)43-58(67)55-39-40-56-54-29-16-22-36-70(54)90-80(56)76(55)87/h8-45H,1-6H3. The van der Waals surface area contributed by atoms with Crippen LogP contribution in [0.25, 0.3) is 168 Å². The van der Waals surface area contributed by atoms with Gasteiger partial charge in [0, 0.05) is 69.3 Å². The van der Waals surface area contributed by atoms with Crippen LogP contribution in [0.5, 0.6) is 0 Å². The van der Waals surface area contributed by atoms with Crippen LogP contribution in [-0.2, 0) is 10.8 Å². The molecule has 0 fully saturated rings. The van der Waals surface area contributed by atoms with Gasteiger partial charge in [0.2, 0.25) is 5.69 Å². The van der Waals surface area contributed by atoms with Crippen molar-refractivity contribution < 1.29 is 4.42 Å². The Morgan fingerprint density at radius 2 is 0.933 bits per heavy atom. The van der Waals surface area contributed by atoms with E-state index in [1.807, 2.05) is 6.07 Å². The van der Waals surface area contributed by atoms with Crippen LogP contribution in [0, 0.1) is 17.9 Å². The van der Waals surface area contributed by atoms with E-state index in [9.17, 15) is 11.8 Å². The van der Waals surface area contributed by atoms with Crippen LogP contribution >= 0.6 is 11.3 Å². The van der Waals surface area contributed by atoms with Crippen molar-refractivity contribution in [1.29, 1.82) is 5.26 Å². The minimum atomic E-state index is -0.311. The Hall–Kier alpha value is -11.2. The normalized spacial score (nSPS) is 12.5. The molecule has 0 unspecified atom stereocenters. The number of hydrogen-bond acceptors (Lipinski definition) is 3. The second-order valence-electron chi connectivity index (χ2n) is 26.1. The van der Waals surface area contributed by atoms with Gasteiger partial charge < -0.3 is 22.7 Å². The number of rotatable bonds is 5. The lowest BCUT2D eigenvalue weighted by molar-refractivity contribution is 0.591. The van der Waals surface area contributed by atoms with E-state index in [4.69, 9.17) is 9.26 Å². The molecule has 0 spiro atoms. The summed E-state index contributed by atoms with van der Waals surface area (Å²) in [7, 11) is 0. The van der Waals surface area contributed by atoms with Crippen molar-refractivity contribution in [3.05, 3.63) is 259 Å². The Balaban J connectivity index is 1.17. The molecule has 426 valence electrons. The third-order valence-electron chi connectivity index (χ3n) is 19.1. The number of aromatic nitrogens is 4. The van der Waals surface area contributed by atoms with E-state index >= 15 is 0 Å². The molecule has 0 aliphatic heterocycles. The first-order chi connectivity index (χ1) is 43.9. The van der Waals surface area contributed by atoms with E-state index in [0.717, 1.165) is 140 Å². The molecular formula is C82H56N6OS. The van der Waals surface area contributed by atoms with Gasteiger partial charge in [-0.1, -0.05) is 205 Å². The van der Waals surface area contributed by atoms with E-state index in [0.29, 0.717) is 34.0 Å². The molecule has 0 aliphatic rings. The van der Waals surface area contributed by atoms with Crippen molar-refractivity contribution in [2.75, 3.05) is 0 Å². The highest BCUT2D eigenvalue weighted by molar-refractivity contribution is 7.26. The van der Waals surface area contributed by atoms with Crippen LogP contribution < -0.4 is 0 Å². The molecule has 6 aromatic heterocycles. The zero-order valence-electron chi connectivity index (χ0n) is 50.4. The molecule has 7 nitrogen and oxygen atoms in total. The third kappa shape index (κ3) is 7.08. The van der Waals surface area contributed by atoms with Crippen molar-refractivity contribution in [3.8, 4) is 39.9 Å². The van der Waals surface area contributed by atoms with Crippen molar-refractivity contribution in [2.24, 2.45) is 0 Å². The smallest absolute Gasteiger partial charge is 0.237 e. The molecule has 12 aromatic carbocycles. The second-order valence-corrected chi connectivity index (χ2v) is 27.2. The summed E-state index contributed by atoms with van der Waals surface area (Å²) in [5.41, 5.74) is 15.9. The van der Waals surface area contributed by atoms with Gasteiger partial charge >= 0.3 is 0 Å². The van der Waals surface area contributed by atoms with Crippen LogP contribution in [0.2, 0.25) is 0 Å². The fourth-order valence-electron chi connectivity index (χ4n) is 15.1. The quantitative estimate of drug-likeness (QED) is 0.161. The van der Waals surface area contributed by atoms with Crippen molar-refractivity contribution in [3.63, 3.8) is 0 Å². The first kappa shape index (κ1) is 52.0. The molecule has 8 heteroatoms. The highest BCUT2D eigenvalue weighted by atomic mass is 32.1. The monoisotopic (exact) mass is 1170 g/mol. The van der Waals surface area contributed by atoms with E-state index in [1.165, 1.54) is 11.1 Å². The van der Waals surface area contributed by atoms with E-state index < -0.39 is 0 Å². The van der Waals surface area contributed by atoms with Gasteiger partial charge in [-0.2, -0.15) is 5.26 Å². The molecule has 90 heavy (non-hydrogen) atoms. The highest BCUT2D eigenvalue weighted by Gasteiger charge is 2.37. The maximum Gasteiger partial charge on any atom is 0.237 e. The zero-order chi connectivity index (χ0) is 60.6. The number of furan rings is 1. The summed E-state index contributed by atoms with van der Waals surface area (Å²) >= 11 is 1.76. The van der Waals surface area contributed by atoms with Crippen molar-refractivity contribution in [1.82, 2.24) is 18.3 Å². The lowest BCUT2D eigenvalue weighted by Crippen LogP contribution is -2.15. The average molecular weight is 1170 g/mol. The van der Waals surface area contributed by atoms with Gasteiger partial charge in [-0.3, -0.25) is 0 Å². The minimum Gasteiger partial charge on any atom is -0.454 e. The third-order valence-corrected chi connectivity index (χ3v) is 20.3. The molecule has 0 bridgehead atoms. The molecule has 18 rings (SSSR count). The molecular weight excluding hydrogens is 1120 g/mol. The zero-order valence-corrected chi connectivity index (χ0v) is 51.3. The molecule has 0 amide bonds. The predicted octanol–water partition coefficient (Wildman–Crippen LogP) is 23.0. The first-order valence-electron chi connectivity index (χ1n) is 30.8. The molecule has 0 aliphatic carbocycles. The van der Waals surface area contributed by atoms with E-state index in [1.54, 1.807) is 11.3 Å². The first-order valence-corrected chi connectivity index (χ1v) is 31.6. The molecule has 18 aromatic rings. The Bertz CT molecular complexity index is 6010. The number of thiophene rings is 1. The summed E-state index contributed by atoms with van der Waals surface area (Å²) < 4.78 is 19.1.